The first-order chi connectivity index (χ1) is 9.15. The van der Waals surface area contributed by atoms with Crippen molar-refractivity contribution < 1.29 is 4.79 Å². The Morgan fingerprint density at radius 2 is 2.32 bits per heavy atom. The fraction of sp³-hybridized carbons (Fsp3) is 0.231. The Morgan fingerprint density at radius 1 is 1.47 bits per heavy atom. The largest absolute Gasteiger partial charge is 0.399 e. The van der Waals surface area contributed by atoms with Gasteiger partial charge in [0, 0.05) is 28.3 Å². The summed E-state index contributed by atoms with van der Waals surface area (Å²) in [4.78, 5) is 19.6. The van der Waals surface area contributed by atoms with E-state index in [0.717, 1.165) is 21.3 Å². The Bertz CT molecular complexity index is 639. The molecule has 1 aliphatic heterocycles. The molecule has 19 heavy (non-hydrogen) atoms. The lowest BCUT2D eigenvalue weighted by atomic mass is 10.2. The number of anilines is 2. The van der Waals surface area contributed by atoms with Gasteiger partial charge in [-0.05, 0) is 25.1 Å². The van der Waals surface area contributed by atoms with Crippen LogP contribution < -0.4 is 10.6 Å². The molecule has 2 N–H and O–H groups in total. The number of carbonyl (C=O) groups is 1. The van der Waals surface area contributed by atoms with E-state index < -0.39 is 0 Å². The molecule has 1 aromatic carbocycles. The number of nitrogens with zero attached hydrogens (tertiary/aromatic N) is 2. The number of fused-ring (bicyclic) bond motifs is 1. The lowest BCUT2D eigenvalue weighted by Crippen LogP contribution is -2.35. The third kappa shape index (κ3) is 2.33. The number of hydrogen-bond acceptors (Lipinski definition) is 5. The number of nitrogens with two attached hydrogens (primary N) is 1. The maximum absolute atomic E-state index is 12.5. The maximum Gasteiger partial charge on any atom is 0.277 e. The molecule has 6 heteroatoms. The number of carbonyl (C=O) groups excluding carboxylic acids is 1. The van der Waals surface area contributed by atoms with E-state index in [-0.39, 0.29) is 5.91 Å². The van der Waals surface area contributed by atoms with Crippen LogP contribution in [0.4, 0.5) is 11.4 Å². The molecule has 0 saturated heterocycles. The molecule has 0 spiro atoms. The lowest BCUT2D eigenvalue weighted by Gasteiger charge is -2.28. The van der Waals surface area contributed by atoms with Crippen molar-refractivity contribution in [2.45, 2.75) is 11.8 Å². The van der Waals surface area contributed by atoms with Crippen LogP contribution in [0.1, 0.15) is 15.5 Å². The van der Waals surface area contributed by atoms with Gasteiger partial charge in [-0.25, -0.2) is 4.98 Å². The first-order valence-electron chi connectivity index (χ1n) is 5.91. The molecule has 1 amide bonds. The number of rotatable bonds is 1. The summed E-state index contributed by atoms with van der Waals surface area (Å²) in [5.74, 6) is 0.850. The number of benzene rings is 1. The van der Waals surface area contributed by atoms with Crippen molar-refractivity contribution >= 4 is 40.4 Å². The molecule has 0 atom stereocenters. The van der Waals surface area contributed by atoms with E-state index in [4.69, 9.17) is 5.73 Å². The number of hydrogen-bond donors (Lipinski definition) is 1. The second-order valence-corrected chi connectivity index (χ2v) is 6.48. The van der Waals surface area contributed by atoms with Crippen molar-refractivity contribution in [3.8, 4) is 0 Å². The summed E-state index contributed by atoms with van der Waals surface area (Å²) in [6, 6.07) is 5.70. The smallest absolute Gasteiger partial charge is 0.277 e. The third-order valence-electron chi connectivity index (χ3n) is 2.93. The molecule has 0 bridgehead atoms. The topological polar surface area (TPSA) is 59.2 Å². The summed E-state index contributed by atoms with van der Waals surface area (Å²) >= 11 is 3.24. The zero-order chi connectivity index (χ0) is 13.4. The van der Waals surface area contributed by atoms with Crippen molar-refractivity contribution in [3.05, 3.63) is 34.3 Å². The van der Waals surface area contributed by atoms with Crippen LogP contribution in [0, 0.1) is 6.92 Å². The highest BCUT2D eigenvalue weighted by atomic mass is 32.2. The van der Waals surface area contributed by atoms with Crippen LogP contribution in [0.2, 0.25) is 0 Å². The monoisotopic (exact) mass is 291 g/mol. The zero-order valence-corrected chi connectivity index (χ0v) is 12.1. The average molecular weight is 291 g/mol. The second kappa shape index (κ2) is 4.86. The van der Waals surface area contributed by atoms with Gasteiger partial charge in [-0.1, -0.05) is 0 Å². The van der Waals surface area contributed by atoms with Crippen LogP contribution in [-0.2, 0) is 0 Å². The van der Waals surface area contributed by atoms with Crippen LogP contribution in [0.15, 0.2) is 28.5 Å². The average Bonchev–Trinajstić information content (AvgIpc) is 2.84. The van der Waals surface area contributed by atoms with Crippen molar-refractivity contribution in [1.29, 1.82) is 0 Å². The molecular formula is C13H13N3OS2. The van der Waals surface area contributed by atoms with E-state index in [1.807, 2.05) is 30.5 Å². The minimum atomic E-state index is -0.0449. The fourth-order valence-electron chi connectivity index (χ4n) is 2.05. The number of amides is 1. The first-order valence-corrected chi connectivity index (χ1v) is 7.78. The lowest BCUT2D eigenvalue weighted by molar-refractivity contribution is 0.0983. The van der Waals surface area contributed by atoms with Gasteiger partial charge < -0.3 is 10.6 Å². The predicted octanol–water partition coefficient (Wildman–Crippen LogP) is 2.79. The van der Waals surface area contributed by atoms with E-state index in [1.54, 1.807) is 16.7 Å². The number of aryl methyl sites for hydroxylation is 1. The van der Waals surface area contributed by atoms with Crippen LogP contribution in [0.25, 0.3) is 0 Å². The molecule has 0 radical (unpaired) electrons. The molecule has 98 valence electrons. The highest BCUT2D eigenvalue weighted by molar-refractivity contribution is 7.99. The Balaban J connectivity index is 1.99. The fourth-order valence-corrected chi connectivity index (χ4v) is 3.61. The van der Waals surface area contributed by atoms with Crippen molar-refractivity contribution in [2.24, 2.45) is 0 Å². The number of thioether (sulfide) groups is 1. The summed E-state index contributed by atoms with van der Waals surface area (Å²) in [7, 11) is 0. The van der Waals surface area contributed by atoms with Gasteiger partial charge in [0.1, 0.15) is 5.69 Å². The summed E-state index contributed by atoms with van der Waals surface area (Å²) in [5.41, 5.74) is 7.91. The van der Waals surface area contributed by atoms with Gasteiger partial charge in [-0.2, -0.15) is 0 Å². The molecule has 0 aliphatic carbocycles. The summed E-state index contributed by atoms with van der Waals surface area (Å²) < 4.78 is 0. The molecule has 4 nitrogen and oxygen atoms in total. The third-order valence-corrected chi connectivity index (χ3v) is 4.75. The van der Waals surface area contributed by atoms with E-state index in [0.29, 0.717) is 17.9 Å². The Hall–Kier alpha value is -1.53. The van der Waals surface area contributed by atoms with Crippen LogP contribution >= 0.6 is 23.1 Å². The van der Waals surface area contributed by atoms with Gasteiger partial charge in [0.05, 0.1) is 10.7 Å². The highest BCUT2D eigenvalue weighted by Crippen LogP contribution is 2.36. The minimum absolute atomic E-state index is 0.0449. The summed E-state index contributed by atoms with van der Waals surface area (Å²) in [6.45, 7) is 2.59. The molecule has 0 saturated carbocycles. The van der Waals surface area contributed by atoms with Crippen molar-refractivity contribution in [3.63, 3.8) is 0 Å². The van der Waals surface area contributed by atoms with Gasteiger partial charge in [0.2, 0.25) is 0 Å². The number of thiazole rings is 1. The van der Waals surface area contributed by atoms with Crippen LogP contribution in [0.3, 0.4) is 0 Å². The van der Waals surface area contributed by atoms with Crippen LogP contribution in [0.5, 0.6) is 0 Å². The summed E-state index contributed by atoms with van der Waals surface area (Å²) in [5, 5.41) is 2.72. The maximum atomic E-state index is 12.5. The van der Waals surface area contributed by atoms with Crippen molar-refractivity contribution in [2.75, 3.05) is 22.9 Å². The number of aromatic nitrogens is 1. The Morgan fingerprint density at radius 3 is 3.05 bits per heavy atom. The van der Waals surface area contributed by atoms with Crippen LogP contribution in [-0.4, -0.2) is 23.2 Å². The number of nitrogen functional groups attached to an aromatic ring is 1. The molecule has 1 aromatic heterocycles. The quantitative estimate of drug-likeness (QED) is 0.821. The SMILES string of the molecule is Cc1nc(C(=O)N2CCSc3ccc(N)cc32)cs1. The van der Waals surface area contributed by atoms with E-state index >= 15 is 0 Å². The Kier molecular flexibility index (Phi) is 3.20. The highest BCUT2D eigenvalue weighted by Gasteiger charge is 2.25. The summed E-state index contributed by atoms with van der Waals surface area (Å²) in [6.07, 6.45) is 0. The first kappa shape index (κ1) is 12.5. The van der Waals surface area contributed by atoms with E-state index in [1.165, 1.54) is 11.3 Å². The zero-order valence-electron chi connectivity index (χ0n) is 10.4. The van der Waals surface area contributed by atoms with Gasteiger partial charge >= 0.3 is 0 Å². The minimum Gasteiger partial charge on any atom is -0.399 e. The van der Waals surface area contributed by atoms with Gasteiger partial charge in [0.25, 0.3) is 5.91 Å². The Labute approximate surface area is 119 Å². The normalized spacial score (nSPS) is 14.3. The molecule has 2 aromatic rings. The van der Waals surface area contributed by atoms with Gasteiger partial charge in [-0.3, -0.25) is 4.79 Å². The van der Waals surface area contributed by atoms with Gasteiger partial charge in [-0.15, -0.1) is 23.1 Å². The molecule has 1 aliphatic rings. The molecular weight excluding hydrogens is 278 g/mol. The molecule has 0 fully saturated rings. The second-order valence-electron chi connectivity index (χ2n) is 4.28. The van der Waals surface area contributed by atoms with E-state index in [2.05, 4.69) is 4.98 Å². The molecule has 2 heterocycles. The predicted molar refractivity (Wildman–Crippen MR) is 80.1 cm³/mol. The standard InChI is InChI=1S/C13H13N3OS2/c1-8-15-10(7-19-8)13(17)16-4-5-18-12-3-2-9(14)6-11(12)16/h2-3,6-7H,4-5,14H2,1H3. The van der Waals surface area contributed by atoms with Crippen molar-refractivity contribution in [1.82, 2.24) is 4.98 Å². The van der Waals surface area contributed by atoms with E-state index in [9.17, 15) is 4.79 Å². The molecule has 3 rings (SSSR count). The molecule has 0 unspecified atom stereocenters. The van der Waals surface area contributed by atoms with Gasteiger partial charge in [0.15, 0.2) is 0 Å².